The van der Waals surface area contributed by atoms with Crippen LogP contribution < -0.4 is 20.5 Å². The summed E-state index contributed by atoms with van der Waals surface area (Å²) >= 11 is 6.22. The Kier molecular flexibility index (Phi) is 6.25. The van der Waals surface area contributed by atoms with Crippen LogP contribution in [-0.4, -0.2) is 25.5 Å². The molecule has 2 amide bonds. The Morgan fingerprint density at radius 3 is 2.60 bits per heavy atom. The number of benzene rings is 2. The van der Waals surface area contributed by atoms with Crippen molar-refractivity contribution < 1.29 is 19.1 Å². The summed E-state index contributed by atoms with van der Waals surface area (Å²) in [6.45, 7) is 2.46. The Hall–Kier alpha value is -2.73. The molecule has 0 aliphatic carbocycles. The number of hydrogen-bond acceptors (Lipinski definition) is 4. The smallest absolute Gasteiger partial charge is 0.255 e. The molecule has 3 N–H and O–H groups in total. The Morgan fingerprint density at radius 1 is 1.20 bits per heavy atom. The third kappa shape index (κ3) is 4.64. The predicted octanol–water partition coefficient (Wildman–Crippen LogP) is 3.49. The van der Waals surface area contributed by atoms with Gasteiger partial charge in [-0.1, -0.05) is 24.6 Å². The lowest BCUT2D eigenvalue weighted by Gasteiger charge is -2.14. The summed E-state index contributed by atoms with van der Waals surface area (Å²) in [6, 6.07) is 9.40. The van der Waals surface area contributed by atoms with E-state index in [-0.39, 0.29) is 5.02 Å². The molecule has 25 heavy (non-hydrogen) atoms. The van der Waals surface area contributed by atoms with Crippen molar-refractivity contribution in [3.8, 4) is 11.5 Å². The van der Waals surface area contributed by atoms with E-state index < -0.39 is 11.8 Å². The first-order valence-corrected chi connectivity index (χ1v) is 8.05. The Balaban J connectivity index is 2.26. The van der Waals surface area contributed by atoms with Crippen LogP contribution in [0, 0.1) is 0 Å². The number of hydrogen-bond donors (Lipinski definition) is 2. The van der Waals surface area contributed by atoms with Gasteiger partial charge < -0.3 is 20.5 Å². The van der Waals surface area contributed by atoms with Crippen molar-refractivity contribution in [3.05, 3.63) is 52.5 Å². The second-order valence-electron chi connectivity index (χ2n) is 5.24. The Morgan fingerprint density at radius 2 is 1.96 bits per heavy atom. The highest BCUT2D eigenvalue weighted by molar-refractivity contribution is 6.32. The van der Waals surface area contributed by atoms with Crippen LogP contribution in [0.3, 0.4) is 0 Å². The first kappa shape index (κ1) is 18.6. The van der Waals surface area contributed by atoms with Gasteiger partial charge in [-0.3, -0.25) is 9.59 Å². The summed E-state index contributed by atoms with van der Waals surface area (Å²) < 4.78 is 10.8. The summed E-state index contributed by atoms with van der Waals surface area (Å²) in [5.41, 5.74) is 6.29. The molecular formula is C18H19ClN2O4. The molecule has 0 saturated carbocycles. The van der Waals surface area contributed by atoms with Crippen LogP contribution >= 0.6 is 11.6 Å². The zero-order valence-electron chi connectivity index (χ0n) is 14.0. The molecule has 132 valence electrons. The molecule has 0 aliphatic rings. The van der Waals surface area contributed by atoms with Crippen LogP contribution in [-0.2, 0) is 0 Å². The molecule has 0 radical (unpaired) electrons. The highest BCUT2D eigenvalue weighted by Crippen LogP contribution is 2.36. The maximum Gasteiger partial charge on any atom is 0.255 e. The van der Waals surface area contributed by atoms with Crippen molar-refractivity contribution in [2.45, 2.75) is 13.3 Å². The molecule has 0 aromatic heterocycles. The van der Waals surface area contributed by atoms with E-state index >= 15 is 0 Å². The minimum atomic E-state index is -0.571. The van der Waals surface area contributed by atoms with E-state index in [1.165, 1.54) is 19.2 Å². The predicted molar refractivity (Wildman–Crippen MR) is 96.7 cm³/mol. The van der Waals surface area contributed by atoms with Gasteiger partial charge in [0.1, 0.15) is 0 Å². The summed E-state index contributed by atoms with van der Waals surface area (Å²) in [6.07, 6.45) is 0.817. The molecule has 0 spiro atoms. The van der Waals surface area contributed by atoms with Crippen LogP contribution in [0.15, 0.2) is 36.4 Å². The lowest BCUT2D eigenvalue weighted by molar-refractivity contribution is 0.0996. The van der Waals surface area contributed by atoms with Crippen molar-refractivity contribution in [1.29, 1.82) is 0 Å². The SMILES string of the molecule is CCCOc1c(Cl)cc(C(=O)Nc2cccc(C(N)=O)c2)cc1OC. The second kappa shape index (κ2) is 8.39. The van der Waals surface area contributed by atoms with Crippen LogP contribution in [0.2, 0.25) is 5.02 Å². The van der Waals surface area contributed by atoms with Crippen molar-refractivity contribution in [2.24, 2.45) is 5.73 Å². The highest BCUT2D eigenvalue weighted by atomic mass is 35.5. The first-order valence-electron chi connectivity index (χ1n) is 7.67. The van der Waals surface area contributed by atoms with E-state index in [9.17, 15) is 9.59 Å². The lowest BCUT2D eigenvalue weighted by Crippen LogP contribution is -2.14. The van der Waals surface area contributed by atoms with Crippen molar-refractivity contribution in [2.75, 3.05) is 19.0 Å². The number of halogens is 1. The van der Waals surface area contributed by atoms with Crippen LogP contribution in [0.4, 0.5) is 5.69 Å². The van der Waals surface area contributed by atoms with Crippen molar-refractivity contribution in [1.82, 2.24) is 0 Å². The zero-order valence-corrected chi connectivity index (χ0v) is 14.7. The van der Waals surface area contributed by atoms with E-state index in [0.717, 1.165) is 6.42 Å². The van der Waals surface area contributed by atoms with Crippen LogP contribution in [0.5, 0.6) is 11.5 Å². The highest BCUT2D eigenvalue weighted by Gasteiger charge is 2.16. The third-order valence-corrected chi connectivity index (χ3v) is 3.63. The van der Waals surface area contributed by atoms with Gasteiger partial charge in [-0.2, -0.15) is 0 Å². The van der Waals surface area contributed by atoms with Gasteiger partial charge in [0.25, 0.3) is 5.91 Å². The number of nitrogens with one attached hydrogen (secondary N) is 1. The molecule has 7 heteroatoms. The summed E-state index contributed by atoms with van der Waals surface area (Å²) in [5, 5.41) is 2.97. The number of rotatable bonds is 7. The molecule has 2 aromatic carbocycles. The summed E-state index contributed by atoms with van der Waals surface area (Å²) in [7, 11) is 1.47. The number of anilines is 1. The monoisotopic (exact) mass is 362 g/mol. The van der Waals surface area contributed by atoms with E-state index in [1.54, 1.807) is 24.3 Å². The van der Waals surface area contributed by atoms with E-state index in [0.29, 0.717) is 34.9 Å². The minimum absolute atomic E-state index is 0.281. The van der Waals surface area contributed by atoms with E-state index in [1.807, 2.05) is 6.92 Å². The largest absolute Gasteiger partial charge is 0.493 e. The quantitative estimate of drug-likeness (QED) is 0.788. The van der Waals surface area contributed by atoms with Gasteiger partial charge in [-0.15, -0.1) is 0 Å². The van der Waals surface area contributed by atoms with Gasteiger partial charge in [-0.25, -0.2) is 0 Å². The molecule has 0 atom stereocenters. The lowest BCUT2D eigenvalue weighted by atomic mass is 10.1. The molecular weight excluding hydrogens is 344 g/mol. The molecule has 2 aromatic rings. The van der Waals surface area contributed by atoms with Gasteiger partial charge in [0.05, 0.1) is 18.7 Å². The standard InChI is InChI=1S/C18H19ClN2O4/c1-3-7-25-16-14(19)9-12(10-15(16)24-2)18(23)21-13-6-4-5-11(8-13)17(20)22/h4-6,8-10H,3,7H2,1-2H3,(H2,20,22)(H,21,23). The van der Waals surface area contributed by atoms with Crippen molar-refractivity contribution >= 4 is 29.1 Å². The van der Waals surface area contributed by atoms with E-state index in [2.05, 4.69) is 5.32 Å². The average molecular weight is 363 g/mol. The second-order valence-corrected chi connectivity index (χ2v) is 5.64. The zero-order chi connectivity index (χ0) is 18.4. The summed E-state index contributed by atoms with van der Waals surface area (Å²) in [4.78, 5) is 23.7. The van der Waals surface area contributed by atoms with Crippen LogP contribution in [0.1, 0.15) is 34.1 Å². The van der Waals surface area contributed by atoms with Gasteiger partial charge in [-0.05, 0) is 36.8 Å². The summed E-state index contributed by atoms with van der Waals surface area (Å²) in [5.74, 6) is -0.197. The molecule has 0 fully saturated rings. The fraction of sp³-hybridized carbons (Fsp3) is 0.222. The molecule has 0 heterocycles. The van der Waals surface area contributed by atoms with Crippen molar-refractivity contribution in [3.63, 3.8) is 0 Å². The Bertz CT molecular complexity index is 793. The molecule has 2 rings (SSSR count). The first-order chi connectivity index (χ1) is 12.0. The average Bonchev–Trinajstić information content (AvgIpc) is 2.60. The molecule has 0 aliphatic heterocycles. The number of amides is 2. The number of ether oxygens (including phenoxy) is 2. The van der Waals surface area contributed by atoms with Gasteiger partial charge in [0.2, 0.25) is 5.91 Å². The van der Waals surface area contributed by atoms with Gasteiger partial charge >= 0.3 is 0 Å². The van der Waals surface area contributed by atoms with Gasteiger partial charge in [0, 0.05) is 16.8 Å². The number of nitrogens with two attached hydrogens (primary N) is 1. The van der Waals surface area contributed by atoms with Crippen LogP contribution in [0.25, 0.3) is 0 Å². The maximum absolute atomic E-state index is 12.5. The molecule has 6 nitrogen and oxygen atoms in total. The topological polar surface area (TPSA) is 90.6 Å². The maximum atomic E-state index is 12.5. The molecule has 0 unspecified atom stereocenters. The third-order valence-electron chi connectivity index (χ3n) is 3.35. The fourth-order valence-electron chi connectivity index (χ4n) is 2.15. The Labute approximate surface area is 150 Å². The normalized spacial score (nSPS) is 10.2. The number of carbonyl (C=O) groups is 2. The minimum Gasteiger partial charge on any atom is -0.493 e. The van der Waals surface area contributed by atoms with Gasteiger partial charge in [0.15, 0.2) is 11.5 Å². The number of carbonyl (C=O) groups excluding carboxylic acids is 2. The van der Waals surface area contributed by atoms with E-state index in [4.69, 9.17) is 26.8 Å². The number of methoxy groups -OCH3 is 1. The molecule has 0 saturated heterocycles. The number of primary amides is 1. The molecule has 0 bridgehead atoms. The fourth-order valence-corrected chi connectivity index (χ4v) is 2.41.